The van der Waals surface area contributed by atoms with E-state index in [1.165, 1.54) is 11.1 Å². The molecule has 0 saturated heterocycles. The molecule has 0 aliphatic rings. The van der Waals surface area contributed by atoms with Crippen LogP contribution in [-0.2, 0) is 6.42 Å². The predicted molar refractivity (Wildman–Crippen MR) is 77.2 cm³/mol. The van der Waals surface area contributed by atoms with E-state index in [-0.39, 0.29) is 18.7 Å². The number of amides is 2. The third kappa shape index (κ3) is 6.25. The van der Waals surface area contributed by atoms with Crippen molar-refractivity contribution in [3.05, 3.63) is 35.4 Å². The zero-order chi connectivity index (χ0) is 14.1. The second-order valence-electron chi connectivity index (χ2n) is 4.76. The van der Waals surface area contributed by atoms with Crippen molar-refractivity contribution in [2.24, 2.45) is 0 Å². The van der Waals surface area contributed by atoms with Gasteiger partial charge in [-0.1, -0.05) is 36.8 Å². The fourth-order valence-corrected chi connectivity index (χ4v) is 1.96. The highest BCUT2D eigenvalue weighted by Gasteiger charge is 2.08. The van der Waals surface area contributed by atoms with E-state index in [2.05, 4.69) is 35.8 Å². The Morgan fingerprint density at radius 1 is 1.42 bits per heavy atom. The van der Waals surface area contributed by atoms with Crippen molar-refractivity contribution in [3.63, 3.8) is 0 Å². The number of rotatable bonds is 7. The first-order valence-electron chi connectivity index (χ1n) is 6.86. The average Bonchev–Trinajstić information content (AvgIpc) is 2.38. The number of aryl methyl sites for hydroxylation is 1. The van der Waals surface area contributed by atoms with E-state index in [1.54, 1.807) is 0 Å². The monoisotopic (exact) mass is 264 g/mol. The highest BCUT2D eigenvalue weighted by Crippen LogP contribution is 2.03. The average molecular weight is 264 g/mol. The number of urea groups is 1. The van der Waals surface area contributed by atoms with E-state index in [1.807, 2.05) is 13.0 Å². The largest absolute Gasteiger partial charge is 0.396 e. The molecule has 1 unspecified atom stereocenters. The van der Waals surface area contributed by atoms with Crippen LogP contribution in [0.5, 0.6) is 0 Å². The number of hydrogen-bond donors (Lipinski definition) is 3. The second-order valence-corrected chi connectivity index (χ2v) is 4.76. The zero-order valence-corrected chi connectivity index (χ0v) is 11.8. The third-order valence-electron chi connectivity index (χ3n) is 3.09. The lowest BCUT2D eigenvalue weighted by Crippen LogP contribution is -2.42. The van der Waals surface area contributed by atoms with Crippen LogP contribution in [0, 0.1) is 6.92 Å². The molecule has 1 aromatic carbocycles. The van der Waals surface area contributed by atoms with Gasteiger partial charge in [0.2, 0.25) is 0 Å². The Bertz CT molecular complexity index is 393. The molecule has 0 aliphatic carbocycles. The van der Waals surface area contributed by atoms with Crippen LogP contribution in [0.1, 0.15) is 30.9 Å². The molecular weight excluding hydrogens is 240 g/mol. The van der Waals surface area contributed by atoms with E-state index < -0.39 is 0 Å². The molecule has 19 heavy (non-hydrogen) atoms. The highest BCUT2D eigenvalue weighted by atomic mass is 16.3. The molecule has 4 heteroatoms. The summed E-state index contributed by atoms with van der Waals surface area (Å²) in [6, 6.07) is 8.16. The number of carbonyl (C=O) groups is 1. The maximum atomic E-state index is 11.6. The Labute approximate surface area is 115 Å². The van der Waals surface area contributed by atoms with Crippen LogP contribution < -0.4 is 10.6 Å². The van der Waals surface area contributed by atoms with Gasteiger partial charge in [-0.2, -0.15) is 0 Å². The van der Waals surface area contributed by atoms with Gasteiger partial charge in [-0.25, -0.2) is 4.79 Å². The SMILES string of the molecule is CCC(CCO)NC(=O)NCCc1cccc(C)c1. The summed E-state index contributed by atoms with van der Waals surface area (Å²) in [4.78, 5) is 11.6. The Morgan fingerprint density at radius 3 is 2.84 bits per heavy atom. The number of aliphatic hydroxyl groups is 1. The minimum Gasteiger partial charge on any atom is -0.396 e. The van der Waals surface area contributed by atoms with E-state index >= 15 is 0 Å². The smallest absolute Gasteiger partial charge is 0.315 e. The van der Waals surface area contributed by atoms with E-state index in [0.29, 0.717) is 13.0 Å². The fourth-order valence-electron chi connectivity index (χ4n) is 1.96. The van der Waals surface area contributed by atoms with Gasteiger partial charge in [-0.15, -0.1) is 0 Å². The molecule has 3 N–H and O–H groups in total. The molecule has 0 aromatic heterocycles. The Balaban J connectivity index is 2.27. The standard InChI is InChI=1S/C15H24N2O2/c1-3-14(8-10-18)17-15(19)16-9-7-13-6-4-5-12(2)11-13/h4-6,11,14,18H,3,7-10H2,1-2H3,(H2,16,17,19). The second kappa shape index (κ2) is 8.53. The van der Waals surface area contributed by atoms with E-state index in [0.717, 1.165) is 12.8 Å². The summed E-state index contributed by atoms with van der Waals surface area (Å²) >= 11 is 0. The molecule has 0 radical (unpaired) electrons. The number of nitrogens with one attached hydrogen (secondary N) is 2. The van der Waals surface area contributed by atoms with Gasteiger partial charge in [-0.05, 0) is 31.7 Å². The summed E-state index contributed by atoms with van der Waals surface area (Å²) < 4.78 is 0. The van der Waals surface area contributed by atoms with Crippen molar-refractivity contribution in [1.82, 2.24) is 10.6 Å². The van der Waals surface area contributed by atoms with Crippen molar-refractivity contribution >= 4 is 6.03 Å². The lowest BCUT2D eigenvalue weighted by atomic mass is 10.1. The van der Waals surface area contributed by atoms with Crippen LogP contribution in [0.15, 0.2) is 24.3 Å². The number of benzene rings is 1. The summed E-state index contributed by atoms with van der Waals surface area (Å²) in [6.45, 7) is 4.77. The molecule has 1 atom stereocenters. The summed E-state index contributed by atoms with van der Waals surface area (Å²) in [7, 11) is 0. The summed E-state index contributed by atoms with van der Waals surface area (Å²) in [6.07, 6.45) is 2.25. The van der Waals surface area contributed by atoms with Crippen molar-refractivity contribution in [3.8, 4) is 0 Å². The molecule has 0 bridgehead atoms. The molecule has 0 fully saturated rings. The number of carbonyl (C=O) groups excluding carboxylic acids is 1. The fraction of sp³-hybridized carbons (Fsp3) is 0.533. The molecule has 1 rings (SSSR count). The highest BCUT2D eigenvalue weighted by molar-refractivity contribution is 5.74. The first kappa shape index (κ1) is 15.5. The Hall–Kier alpha value is -1.55. The van der Waals surface area contributed by atoms with Crippen LogP contribution >= 0.6 is 0 Å². The first-order valence-corrected chi connectivity index (χ1v) is 6.86. The van der Waals surface area contributed by atoms with Gasteiger partial charge < -0.3 is 15.7 Å². The quantitative estimate of drug-likeness (QED) is 0.705. The molecule has 0 aliphatic heterocycles. The topological polar surface area (TPSA) is 61.4 Å². The molecule has 106 valence electrons. The molecule has 2 amide bonds. The van der Waals surface area contributed by atoms with Crippen LogP contribution in [0.3, 0.4) is 0 Å². The van der Waals surface area contributed by atoms with Gasteiger partial charge in [0.15, 0.2) is 0 Å². The minimum absolute atomic E-state index is 0.0453. The van der Waals surface area contributed by atoms with Gasteiger partial charge in [0, 0.05) is 19.2 Å². The zero-order valence-electron chi connectivity index (χ0n) is 11.8. The van der Waals surface area contributed by atoms with Crippen LogP contribution in [-0.4, -0.2) is 30.3 Å². The van der Waals surface area contributed by atoms with Crippen molar-refractivity contribution in [2.45, 2.75) is 39.2 Å². The van der Waals surface area contributed by atoms with E-state index in [4.69, 9.17) is 5.11 Å². The normalized spacial score (nSPS) is 11.9. The van der Waals surface area contributed by atoms with Crippen LogP contribution in [0.2, 0.25) is 0 Å². The van der Waals surface area contributed by atoms with Crippen molar-refractivity contribution < 1.29 is 9.90 Å². The Kier molecular flexibility index (Phi) is 6.97. The van der Waals surface area contributed by atoms with Crippen LogP contribution in [0.4, 0.5) is 4.79 Å². The summed E-state index contributed by atoms with van der Waals surface area (Å²) in [5.41, 5.74) is 2.46. The van der Waals surface area contributed by atoms with Crippen molar-refractivity contribution in [2.75, 3.05) is 13.2 Å². The summed E-state index contributed by atoms with van der Waals surface area (Å²) in [5.74, 6) is 0. The Morgan fingerprint density at radius 2 is 2.21 bits per heavy atom. The van der Waals surface area contributed by atoms with Gasteiger partial charge in [0.1, 0.15) is 0 Å². The summed E-state index contributed by atoms with van der Waals surface area (Å²) in [5, 5.41) is 14.6. The van der Waals surface area contributed by atoms with Crippen LogP contribution in [0.25, 0.3) is 0 Å². The lowest BCUT2D eigenvalue weighted by molar-refractivity contribution is 0.228. The predicted octanol–water partition coefficient (Wildman–Crippen LogP) is 2.00. The number of aliphatic hydroxyl groups excluding tert-OH is 1. The van der Waals surface area contributed by atoms with Gasteiger partial charge in [0.25, 0.3) is 0 Å². The molecule has 0 heterocycles. The maximum absolute atomic E-state index is 11.6. The number of hydrogen-bond acceptors (Lipinski definition) is 2. The minimum atomic E-state index is -0.159. The van der Waals surface area contributed by atoms with Gasteiger partial charge in [-0.3, -0.25) is 0 Å². The molecule has 0 saturated carbocycles. The molecule has 4 nitrogen and oxygen atoms in total. The molecular formula is C15H24N2O2. The lowest BCUT2D eigenvalue weighted by Gasteiger charge is -2.16. The molecule has 1 aromatic rings. The van der Waals surface area contributed by atoms with Crippen molar-refractivity contribution in [1.29, 1.82) is 0 Å². The molecule has 0 spiro atoms. The van der Waals surface area contributed by atoms with Gasteiger partial charge >= 0.3 is 6.03 Å². The first-order chi connectivity index (χ1) is 9.15. The third-order valence-corrected chi connectivity index (χ3v) is 3.09. The van der Waals surface area contributed by atoms with Gasteiger partial charge in [0.05, 0.1) is 0 Å². The van der Waals surface area contributed by atoms with E-state index in [9.17, 15) is 4.79 Å². The maximum Gasteiger partial charge on any atom is 0.315 e.